The Kier molecular flexibility index (Phi) is 10.8. The van der Waals surface area contributed by atoms with Crippen LogP contribution in [0.4, 0.5) is 5.69 Å². The highest BCUT2D eigenvalue weighted by atomic mass is 16.5. The summed E-state index contributed by atoms with van der Waals surface area (Å²) < 4.78 is 17.0. The molecule has 3 aromatic carbocycles. The van der Waals surface area contributed by atoms with Crippen LogP contribution in [0.3, 0.4) is 0 Å². The Bertz CT molecular complexity index is 1500. The zero-order valence-electron chi connectivity index (χ0n) is 25.8. The number of phenolic OH excluding ortho intramolecular Hbond substituents is 1. The van der Waals surface area contributed by atoms with E-state index in [1.54, 1.807) is 20.3 Å². The molecule has 1 aliphatic heterocycles. The number of aromatic amines is 1. The quantitative estimate of drug-likeness (QED) is 0.113. The number of phenols is 1. The van der Waals surface area contributed by atoms with Gasteiger partial charge in [0.2, 0.25) is 5.91 Å². The van der Waals surface area contributed by atoms with Crippen LogP contribution in [-0.2, 0) is 27.4 Å². The second kappa shape index (κ2) is 15.1. The van der Waals surface area contributed by atoms with Gasteiger partial charge in [-0.25, -0.2) is 0 Å². The summed E-state index contributed by atoms with van der Waals surface area (Å²) in [5.74, 6) is 1.22. The molecule has 1 saturated heterocycles. The number of hydrogen-bond donors (Lipinski definition) is 4. The third-order valence-electron chi connectivity index (χ3n) is 8.43. The zero-order valence-corrected chi connectivity index (χ0v) is 25.8. The van der Waals surface area contributed by atoms with E-state index < -0.39 is 0 Å². The van der Waals surface area contributed by atoms with Crippen LogP contribution >= 0.6 is 0 Å². The molecule has 4 aromatic rings. The van der Waals surface area contributed by atoms with Crippen molar-refractivity contribution in [1.82, 2.24) is 15.2 Å². The summed E-state index contributed by atoms with van der Waals surface area (Å²) >= 11 is 0. The third kappa shape index (κ3) is 7.91. The van der Waals surface area contributed by atoms with E-state index in [9.17, 15) is 9.90 Å². The van der Waals surface area contributed by atoms with Crippen LogP contribution in [0.25, 0.3) is 10.9 Å². The van der Waals surface area contributed by atoms with E-state index in [-0.39, 0.29) is 29.7 Å². The molecule has 5 rings (SSSR count). The van der Waals surface area contributed by atoms with Gasteiger partial charge in [0.05, 0.1) is 25.5 Å². The molecule has 3 atom stereocenters. The van der Waals surface area contributed by atoms with Gasteiger partial charge < -0.3 is 39.8 Å². The number of anilines is 1. The number of aromatic hydroxyl groups is 1. The van der Waals surface area contributed by atoms with Crippen LogP contribution in [0.5, 0.6) is 11.5 Å². The number of carbonyl (C=O) groups is 1. The molecule has 0 radical (unpaired) electrons. The molecule has 0 spiro atoms. The number of carbonyl (C=O) groups excluding carboxylic acids is 1. The maximum atomic E-state index is 13.4. The summed E-state index contributed by atoms with van der Waals surface area (Å²) in [6.45, 7) is 2.95. The lowest BCUT2D eigenvalue weighted by atomic mass is 9.83. The number of piperidine rings is 1. The molecule has 9 nitrogen and oxygen atoms in total. The first-order valence-electron chi connectivity index (χ1n) is 15.3. The first kappa shape index (κ1) is 31.4. The van der Waals surface area contributed by atoms with Crippen LogP contribution in [0.1, 0.15) is 41.9 Å². The fourth-order valence-electron chi connectivity index (χ4n) is 5.93. The maximum absolute atomic E-state index is 13.4. The van der Waals surface area contributed by atoms with Gasteiger partial charge in [-0.05, 0) is 59.9 Å². The predicted molar refractivity (Wildman–Crippen MR) is 173 cm³/mol. The number of ether oxygens (including phenoxy) is 3. The molecule has 2 heterocycles. The summed E-state index contributed by atoms with van der Waals surface area (Å²) in [6.07, 6.45) is 3.92. The number of nitrogens with zero attached hydrogens (tertiary/aromatic N) is 1. The monoisotopic (exact) mass is 600 g/mol. The number of amides is 1. The number of rotatable bonds is 14. The van der Waals surface area contributed by atoms with Crippen molar-refractivity contribution in [1.29, 1.82) is 0 Å². The van der Waals surface area contributed by atoms with Crippen molar-refractivity contribution in [2.24, 2.45) is 0 Å². The lowest BCUT2D eigenvalue weighted by Gasteiger charge is -2.37. The highest BCUT2D eigenvalue weighted by molar-refractivity contribution is 5.84. The summed E-state index contributed by atoms with van der Waals surface area (Å²) in [4.78, 5) is 18.5. The fourth-order valence-corrected chi connectivity index (χ4v) is 5.93. The minimum Gasteiger partial charge on any atom is -0.506 e. The Hall–Kier alpha value is -4.05. The summed E-state index contributed by atoms with van der Waals surface area (Å²) in [6, 6.07) is 21.8. The van der Waals surface area contributed by atoms with Crippen molar-refractivity contribution in [2.45, 2.75) is 50.5 Å². The van der Waals surface area contributed by atoms with E-state index in [1.807, 2.05) is 60.6 Å². The molecule has 1 fully saturated rings. The summed E-state index contributed by atoms with van der Waals surface area (Å²) in [5.41, 5.74) is 5.01. The summed E-state index contributed by atoms with van der Waals surface area (Å²) in [5, 5.41) is 18.3. The van der Waals surface area contributed by atoms with Crippen LogP contribution < -0.4 is 15.4 Å². The van der Waals surface area contributed by atoms with Gasteiger partial charge in [-0.2, -0.15) is 0 Å². The highest BCUT2D eigenvalue weighted by Gasteiger charge is 2.33. The van der Waals surface area contributed by atoms with Crippen LogP contribution in [0.2, 0.25) is 0 Å². The van der Waals surface area contributed by atoms with Gasteiger partial charge in [0, 0.05) is 75.9 Å². The van der Waals surface area contributed by atoms with Gasteiger partial charge in [0.1, 0.15) is 11.5 Å². The van der Waals surface area contributed by atoms with E-state index >= 15 is 0 Å². The van der Waals surface area contributed by atoms with E-state index in [0.717, 1.165) is 46.2 Å². The first-order valence-corrected chi connectivity index (χ1v) is 15.3. The SMILES string of the molecule is COCCCNc1cc(CO[C@H]2CN[C@H](CC(=O)N(C)Cc3c[nH]c4ccccc34)C[C@@H]2c2ccc(OC)cc2)ccc1O. The normalized spacial score (nSPS) is 18.3. The topological polar surface area (TPSA) is 108 Å². The van der Waals surface area contributed by atoms with Crippen molar-refractivity contribution < 1.29 is 24.1 Å². The number of H-pyrrole nitrogens is 1. The van der Waals surface area contributed by atoms with Crippen LogP contribution in [-0.4, -0.2) is 74.0 Å². The van der Waals surface area contributed by atoms with Crippen molar-refractivity contribution in [3.63, 3.8) is 0 Å². The van der Waals surface area contributed by atoms with Crippen molar-refractivity contribution in [3.05, 3.63) is 89.6 Å². The molecule has 0 saturated carbocycles. The molecule has 1 aromatic heterocycles. The largest absolute Gasteiger partial charge is 0.506 e. The predicted octanol–water partition coefficient (Wildman–Crippen LogP) is 5.41. The van der Waals surface area contributed by atoms with Gasteiger partial charge in [-0.1, -0.05) is 36.4 Å². The molecule has 0 bridgehead atoms. The average molecular weight is 601 g/mol. The standard InChI is InChI=1S/C35H44N4O5/c1-39(22-26-20-38-31-8-5-4-7-29(26)31)35(41)19-27-18-30(25-10-12-28(43-3)13-11-25)34(21-37-27)44-23-24-9-14-33(40)32(17-24)36-15-6-16-42-2/h4-5,7-14,17,20,27,30,34,36-38,40H,6,15-16,18-19,21-23H2,1-3H3/t27-,30+,34-/m0/s1. The van der Waals surface area contributed by atoms with Gasteiger partial charge in [-0.3, -0.25) is 4.79 Å². The van der Waals surface area contributed by atoms with Gasteiger partial charge in [-0.15, -0.1) is 0 Å². The molecular weight excluding hydrogens is 556 g/mol. The molecule has 44 heavy (non-hydrogen) atoms. The average Bonchev–Trinajstić information content (AvgIpc) is 3.46. The Morgan fingerprint density at radius 1 is 1.09 bits per heavy atom. The molecule has 1 aliphatic rings. The highest BCUT2D eigenvalue weighted by Crippen LogP contribution is 2.33. The van der Waals surface area contributed by atoms with Gasteiger partial charge >= 0.3 is 0 Å². The molecule has 1 amide bonds. The fraction of sp³-hybridized carbons (Fsp3) is 0.400. The number of fused-ring (bicyclic) bond motifs is 1. The van der Waals surface area contributed by atoms with Crippen molar-refractivity contribution in [3.8, 4) is 11.5 Å². The minimum atomic E-state index is -0.0920. The number of nitrogens with one attached hydrogen (secondary N) is 3. The maximum Gasteiger partial charge on any atom is 0.224 e. The van der Waals surface area contributed by atoms with Gasteiger partial charge in [0.25, 0.3) is 0 Å². The smallest absolute Gasteiger partial charge is 0.224 e. The van der Waals surface area contributed by atoms with E-state index in [2.05, 4.69) is 33.8 Å². The Morgan fingerprint density at radius 3 is 2.70 bits per heavy atom. The van der Waals surface area contributed by atoms with E-state index in [0.29, 0.717) is 45.0 Å². The zero-order chi connectivity index (χ0) is 30.9. The molecule has 234 valence electrons. The Morgan fingerprint density at radius 2 is 1.91 bits per heavy atom. The van der Waals surface area contributed by atoms with Crippen molar-refractivity contribution in [2.75, 3.05) is 46.3 Å². The number of methoxy groups -OCH3 is 2. The number of hydrogen-bond acceptors (Lipinski definition) is 7. The molecular formula is C35H44N4O5. The first-order chi connectivity index (χ1) is 21.4. The van der Waals surface area contributed by atoms with Crippen LogP contribution in [0.15, 0.2) is 72.9 Å². The second-order valence-corrected chi connectivity index (χ2v) is 11.5. The number of aromatic nitrogens is 1. The summed E-state index contributed by atoms with van der Waals surface area (Å²) in [7, 11) is 5.22. The molecule has 0 aliphatic carbocycles. The lowest BCUT2D eigenvalue weighted by molar-refractivity contribution is -0.131. The molecule has 4 N–H and O–H groups in total. The number of para-hydroxylation sites is 1. The van der Waals surface area contributed by atoms with Gasteiger partial charge in [0.15, 0.2) is 0 Å². The van der Waals surface area contributed by atoms with Crippen molar-refractivity contribution >= 4 is 22.5 Å². The van der Waals surface area contributed by atoms with Crippen LogP contribution in [0, 0.1) is 0 Å². The molecule has 9 heteroatoms. The Balaban J connectivity index is 1.23. The number of benzene rings is 3. The third-order valence-corrected chi connectivity index (χ3v) is 8.43. The Labute approximate surface area is 259 Å². The molecule has 0 unspecified atom stereocenters. The van der Waals surface area contributed by atoms with E-state index in [1.165, 1.54) is 0 Å². The lowest BCUT2D eigenvalue weighted by Crippen LogP contribution is -2.48. The minimum absolute atomic E-state index is 0.0245. The second-order valence-electron chi connectivity index (χ2n) is 11.5. The van der Waals surface area contributed by atoms with E-state index in [4.69, 9.17) is 14.2 Å².